The van der Waals surface area contributed by atoms with Crippen LogP contribution in [-0.4, -0.2) is 53.2 Å². The van der Waals surface area contributed by atoms with E-state index in [1.165, 1.54) is 36.0 Å². The summed E-state index contributed by atoms with van der Waals surface area (Å²) in [5.74, 6) is 0.0286. The van der Waals surface area contributed by atoms with Crippen LogP contribution >= 0.6 is 0 Å². The van der Waals surface area contributed by atoms with Crippen molar-refractivity contribution in [3.8, 4) is 0 Å². The average Bonchev–Trinajstić information content (AvgIpc) is 3.05. The van der Waals surface area contributed by atoms with Gasteiger partial charge in [-0.2, -0.15) is 10.1 Å². The molecule has 0 amide bonds. The van der Waals surface area contributed by atoms with E-state index in [-0.39, 0.29) is 29.3 Å². The predicted octanol–water partition coefficient (Wildman–Crippen LogP) is -0.869. The molecule has 0 spiro atoms. The van der Waals surface area contributed by atoms with Gasteiger partial charge in [0.25, 0.3) is 11.2 Å². The maximum Gasteiger partial charge on any atom is 0.329 e. The highest BCUT2D eigenvalue weighted by atomic mass is 16.6. The maximum atomic E-state index is 12.2. The Kier molecular flexibility index (Phi) is 5.52. The third-order valence-corrected chi connectivity index (χ3v) is 4.07. The van der Waals surface area contributed by atoms with Crippen LogP contribution in [0.2, 0.25) is 0 Å². The van der Waals surface area contributed by atoms with Gasteiger partial charge >= 0.3 is 5.69 Å². The molecule has 0 fully saturated rings. The summed E-state index contributed by atoms with van der Waals surface area (Å²) in [5.41, 5.74) is 1.61. The van der Waals surface area contributed by atoms with Gasteiger partial charge in [0.05, 0.1) is 30.4 Å². The predicted molar refractivity (Wildman–Crippen MR) is 103 cm³/mol. The van der Waals surface area contributed by atoms with E-state index in [4.69, 9.17) is 5.11 Å². The quantitative estimate of drug-likeness (QED) is 0.223. The molecule has 13 heteroatoms. The molecule has 0 bridgehead atoms. The molecule has 0 aliphatic carbocycles. The maximum absolute atomic E-state index is 12.2. The number of fused-ring (bicyclic) bond motifs is 1. The van der Waals surface area contributed by atoms with Crippen molar-refractivity contribution >= 4 is 29.0 Å². The number of hydrogen-bond donors (Lipinski definition) is 4. The van der Waals surface area contributed by atoms with Gasteiger partial charge in [0.15, 0.2) is 11.2 Å². The summed E-state index contributed by atoms with van der Waals surface area (Å²) < 4.78 is 2.40. The van der Waals surface area contributed by atoms with E-state index < -0.39 is 28.9 Å². The number of hydrogen-bond acceptors (Lipinski definition) is 9. The van der Waals surface area contributed by atoms with Crippen LogP contribution in [0.3, 0.4) is 0 Å². The zero-order valence-corrected chi connectivity index (χ0v) is 15.1. The second-order valence-electron chi connectivity index (χ2n) is 6.10. The minimum Gasteiger partial charge on any atom is -0.394 e. The minimum absolute atomic E-state index is 0.00708. The van der Waals surface area contributed by atoms with Crippen LogP contribution in [0.4, 0.5) is 11.6 Å². The van der Waals surface area contributed by atoms with Crippen LogP contribution in [0.5, 0.6) is 0 Å². The standard InChI is InChI=1S/C16H17N7O6/c1-21-13-12(14(26)19-16(21)27)22(7-11(25)8-24)15(18-13)20-17-6-9-3-2-4-10(5-9)23(28)29/h2-6,11,24-25H,7-8H2,1H3,(H,18,20)(H,19,26,27)/b17-6-/t11-/m1/s1. The Balaban J connectivity index is 2.01. The van der Waals surface area contributed by atoms with Crippen molar-refractivity contribution in [3.63, 3.8) is 0 Å². The Morgan fingerprint density at radius 1 is 1.45 bits per heavy atom. The van der Waals surface area contributed by atoms with Crippen LogP contribution in [0.25, 0.3) is 11.2 Å². The first-order chi connectivity index (χ1) is 13.8. The summed E-state index contributed by atoms with van der Waals surface area (Å²) in [4.78, 5) is 40.7. The lowest BCUT2D eigenvalue weighted by Gasteiger charge is -2.11. The van der Waals surface area contributed by atoms with E-state index >= 15 is 0 Å². The highest BCUT2D eigenvalue weighted by Crippen LogP contribution is 2.16. The summed E-state index contributed by atoms with van der Waals surface area (Å²) in [7, 11) is 1.41. The molecule has 3 aromatic rings. The number of nitrogens with zero attached hydrogens (tertiary/aromatic N) is 5. The largest absolute Gasteiger partial charge is 0.394 e. The van der Waals surface area contributed by atoms with Crippen LogP contribution < -0.4 is 16.7 Å². The Bertz CT molecular complexity index is 1210. The molecule has 0 saturated heterocycles. The molecule has 2 aromatic heterocycles. The van der Waals surface area contributed by atoms with E-state index in [1.807, 2.05) is 0 Å². The van der Waals surface area contributed by atoms with Gasteiger partial charge in [0, 0.05) is 24.7 Å². The van der Waals surface area contributed by atoms with Crippen molar-refractivity contribution in [3.05, 3.63) is 60.8 Å². The molecule has 152 valence electrons. The summed E-state index contributed by atoms with van der Waals surface area (Å²) in [6, 6.07) is 5.76. The molecule has 0 unspecified atom stereocenters. The van der Waals surface area contributed by atoms with Gasteiger partial charge in [-0.3, -0.25) is 24.5 Å². The second kappa shape index (κ2) is 8.04. The summed E-state index contributed by atoms with van der Waals surface area (Å²) in [5, 5.41) is 33.7. The first-order valence-electron chi connectivity index (χ1n) is 8.33. The van der Waals surface area contributed by atoms with Gasteiger partial charge in [0.1, 0.15) is 0 Å². The molecule has 2 heterocycles. The third kappa shape index (κ3) is 4.04. The van der Waals surface area contributed by atoms with Crippen LogP contribution in [0.15, 0.2) is 39.0 Å². The topological polar surface area (TPSA) is 181 Å². The zero-order chi connectivity index (χ0) is 21.1. The lowest BCUT2D eigenvalue weighted by Crippen LogP contribution is -2.30. The SMILES string of the molecule is Cn1c(=O)[nH]c(=O)c2c1nc(N/N=C\c1cccc([N+](=O)[O-])c1)n2C[C@@H](O)CO. The summed E-state index contributed by atoms with van der Waals surface area (Å²) in [6.07, 6.45) is 0.118. The van der Waals surface area contributed by atoms with Gasteiger partial charge in [-0.25, -0.2) is 10.2 Å². The van der Waals surface area contributed by atoms with E-state index in [2.05, 4.69) is 20.5 Å². The smallest absolute Gasteiger partial charge is 0.329 e. The third-order valence-electron chi connectivity index (χ3n) is 4.07. The van der Waals surface area contributed by atoms with Crippen molar-refractivity contribution in [2.24, 2.45) is 12.1 Å². The molecule has 0 aliphatic rings. The van der Waals surface area contributed by atoms with E-state index in [9.17, 15) is 24.8 Å². The average molecular weight is 403 g/mol. The lowest BCUT2D eigenvalue weighted by atomic mass is 10.2. The van der Waals surface area contributed by atoms with Crippen LogP contribution in [0, 0.1) is 10.1 Å². The van der Waals surface area contributed by atoms with Crippen molar-refractivity contribution in [1.82, 2.24) is 19.1 Å². The summed E-state index contributed by atoms with van der Waals surface area (Å²) >= 11 is 0. The number of imidazole rings is 1. The summed E-state index contributed by atoms with van der Waals surface area (Å²) in [6.45, 7) is -0.747. The van der Waals surface area contributed by atoms with Gasteiger partial charge in [-0.1, -0.05) is 12.1 Å². The molecule has 0 aliphatic heterocycles. The van der Waals surface area contributed by atoms with Crippen molar-refractivity contribution < 1.29 is 15.1 Å². The number of nitro groups is 1. The number of H-pyrrole nitrogens is 1. The molecule has 0 saturated carbocycles. The Hall–Kier alpha value is -3.84. The fourth-order valence-corrected chi connectivity index (χ4v) is 2.65. The first-order valence-corrected chi connectivity index (χ1v) is 8.33. The van der Waals surface area contributed by atoms with Crippen LogP contribution in [0.1, 0.15) is 5.56 Å². The molecule has 1 atom stereocenters. The number of nitrogens with one attached hydrogen (secondary N) is 2. The van der Waals surface area contributed by atoms with Gasteiger partial charge in [-0.15, -0.1) is 0 Å². The van der Waals surface area contributed by atoms with E-state index in [0.29, 0.717) is 5.56 Å². The fraction of sp³-hybridized carbons (Fsp3) is 0.250. The number of aromatic nitrogens is 4. The lowest BCUT2D eigenvalue weighted by molar-refractivity contribution is -0.384. The Morgan fingerprint density at radius 3 is 2.90 bits per heavy atom. The molecule has 4 N–H and O–H groups in total. The van der Waals surface area contributed by atoms with E-state index in [0.717, 1.165) is 4.57 Å². The fourth-order valence-electron chi connectivity index (χ4n) is 2.65. The number of aliphatic hydroxyl groups is 2. The highest BCUT2D eigenvalue weighted by Gasteiger charge is 2.19. The van der Waals surface area contributed by atoms with Crippen molar-refractivity contribution in [2.45, 2.75) is 12.6 Å². The first kappa shape index (κ1) is 19.9. The van der Waals surface area contributed by atoms with Gasteiger partial charge in [-0.05, 0) is 0 Å². The molecular formula is C16H17N7O6. The highest BCUT2D eigenvalue weighted by molar-refractivity contribution is 5.81. The Morgan fingerprint density at radius 2 is 2.21 bits per heavy atom. The zero-order valence-electron chi connectivity index (χ0n) is 15.1. The number of anilines is 1. The molecule has 29 heavy (non-hydrogen) atoms. The van der Waals surface area contributed by atoms with Gasteiger partial charge < -0.3 is 14.8 Å². The molecule has 13 nitrogen and oxygen atoms in total. The number of rotatable bonds is 7. The van der Waals surface area contributed by atoms with Crippen molar-refractivity contribution in [2.75, 3.05) is 12.0 Å². The Labute approximate surface area is 161 Å². The van der Waals surface area contributed by atoms with Crippen molar-refractivity contribution in [1.29, 1.82) is 0 Å². The number of non-ortho nitro benzene ring substituents is 1. The number of aliphatic hydroxyl groups excluding tert-OH is 2. The molecule has 3 rings (SSSR count). The monoisotopic (exact) mass is 403 g/mol. The minimum atomic E-state index is -1.19. The number of aryl methyl sites for hydroxylation is 1. The molecule has 0 radical (unpaired) electrons. The number of hydrazone groups is 1. The second-order valence-corrected chi connectivity index (χ2v) is 6.10. The van der Waals surface area contributed by atoms with E-state index in [1.54, 1.807) is 6.07 Å². The van der Waals surface area contributed by atoms with Gasteiger partial charge in [0.2, 0.25) is 5.95 Å². The molecule has 1 aromatic carbocycles. The number of nitro benzene ring substituents is 1. The number of benzene rings is 1. The normalized spacial score (nSPS) is 12.5. The number of aromatic amines is 1. The van der Waals surface area contributed by atoms with Crippen LogP contribution in [-0.2, 0) is 13.6 Å². The molecular weight excluding hydrogens is 386 g/mol.